The van der Waals surface area contributed by atoms with E-state index in [1.165, 1.54) is 0 Å². The third-order valence-electron chi connectivity index (χ3n) is 4.52. The highest BCUT2D eigenvalue weighted by Crippen LogP contribution is 2.27. The summed E-state index contributed by atoms with van der Waals surface area (Å²) in [5, 5.41) is 5.91. The molecule has 132 valence electrons. The molecule has 2 atom stereocenters. The second-order valence-corrected chi connectivity index (χ2v) is 7.85. The molecule has 0 spiro atoms. The van der Waals surface area contributed by atoms with Crippen molar-refractivity contribution in [2.45, 2.75) is 59.4 Å². The van der Waals surface area contributed by atoms with Crippen LogP contribution in [-0.4, -0.2) is 17.9 Å². The zero-order chi connectivity index (χ0) is 17.9. The van der Waals surface area contributed by atoms with Gasteiger partial charge in [0.2, 0.25) is 11.8 Å². The number of rotatable bonds is 3. The van der Waals surface area contributed by atoms with Crippen LogP contribution in [0.1, 0.15) is 52.0 Å². The van der Waals surface area contributed by atoms with Crippen molar-refractivity contribution in [2.24, 2.45) is 17.1 Å². The number of carbonyl (C=O) groups excluding carboxylic acids is 2. The van der Waals surface area contributed by atoms with Crippen LogP contribution in [0.2, 0.25) is 0 Å². The molecule has 1 aliphatic carbocycles. The Balaban J connectivity index is 2.07. The second kappa shape index (κ2) is 7.34. The zero-order valence-corrected chi connectivity index (χ0v) is 15.1. The fourth-order valence-corrected chi connectivity index (χ4v) is 2.85. The van der Waals surface area contributed by atoms with Crippen LogP contribution in [0.15, 0.2) is 18.2 Å². The summed E-state index contributed by atoms with van der Waals surface area (Å²) in [7, 11) is 0. The summed E-state index contributed by atoms with van der Waals surface area (Å²) in [5.74, 6) is -0.0582. The van der Waals surface area contributed by atoms with Crippen LogP contribution in [0.4, 0.5) is 11.4 Å². The molecular formula is C19H29N3O2. The molecule has 1 aromatic rings. The van der Waals surface area contributed by atoms with Gasteiger partial charge in [0, 0.05) is 28.7 Å². The minimum Gasteiger partial charge on any atom is -0.328 e. The Morgan fingerprint density at radius 2 is 1.88 bits per heavy atom. The van der Waals surface area contributed by atoms with Gasteiger partial charge >= 0.3 is 0 Å². The maximum Gasteiger partial charge on any atom is 0.229 e. The smallest absolute Gasteiger partial charge is 0.229 e. The molecule has 5 heteroatoms. The Bertz CT molecular complexity index is 620. The van der Waals surface area contributed by atoms with Crippen LogP contribution >= 0.6 is 0 Å². The summed E-state index contributed by atoms with van der Waals surface area (Å²) >= 11 is 0. The lowest BCUT2D eigenvalue weighted by molar-refractivity contribution is -0.123. The summed E-state index contributed by atoms with van der Waals surface area (Å²) in [6.45, 7) is 7.55. The van der Waals surface area contributed by atoms with Gasteiger partial charge in [-0.2, -0.15) is 0 Å². The molecule has 1 aromatic carbocycles. The van der Waals surface area contributed by atoms with Crippen molar-refractivity contribution < 1.29 is 9.59 Å². The van der Waals surface area contributed by atoms with Crippen LogP contribution < -0.4 is 16.4 Å². The molecule has 1 saturated carbocycles. The third-order valence-corrected chi connectivity index (χ3v) is 4.52. The van der Waals surface area contributed by atoms with Crippen molar-refractivity contribution in [3.63, 3.8) is 0 Å². The summed E-state index contributed by atoms with van der Waals surface area (Å²) in [6, 6.07) is 5.71. The predicted molar refractivity (Wildman–Crippen MR) is 97.8 cm³/mol. The van der Waals surface area contributed by atoms with E-state index in [9.17, 15) is 9.59 Å². The summed E-state index contributed by atoms with van der Waals surface area (Å²) in [4.78, 5) is 24.6. The van der Waals surface area contributed by atoms with Gasteiger partial charge in [-0.25, -0.2) is 0 Å². The highest BCUT2D eigenvalue weighted by Gasteiger charge is 2.26. The number of anilines is 2. The molecule has 4 N–H and O–H groups in total. The zero-order valence-electron chi connectivity index (χ0n) is 15.1. The van der Waals surface area contributed by atoms with Gasteiger partial charge in [-0.15, -0.1) is 0 Å². The Labute approximate surface area is 144 Å². The van der Waals surface area contributed by atoms with E-state index < -0.39 is 5.41 Å². The van der Waals surface area contributed by atoms with Crippen molar-refractivity contribution in [2.75, 3.05) is 10.6 Å². The van der Waals surface area contributed by atoms with Gasteiger partial charge in [-0.3, -0.25) is 9.59 Å². The van der Waals surface area contributed by atoms with E-state index in [4.69, 9.17) is 5.73 Å². The van der Waals surface area contributed by atoms with E-state index in [0.29, 0.717) is 5.69 Å². The van der Waals surface area contributed by atoms with Gasteiger partial charge in [0.15, 0.2) is 0 Å². The normalized spacial score (nSPS) is 21.2. The Morgan fingerprint density at radius 3 is 2.50 bits per heavy atom. The SMILES string of the molecule is Cc1ccc(NC(=O)C2CCCC(N)C2)cc1NC(=O)C(C)(C)C. The number of hydrogen-bond acceptors (Lipinski definition) is 3. The van der Waals surface area contributed by atoms with Crippen LogP contribution in [0.3, 0.4) is 0 Å². The lowest BCUT2D eigenvalue weighted by Crippen LogP contribution is -2.34. The lowest BCUT2D eigenvalue weighted by Gasteiger charge is -2.25. The minimum atomic E-state index is -0.468. The molecule has 0 heterocycles. The first-order valence-corrected chi connectivity index (χ1v) is 8.65. The van der Waals surface area contributed by atoms with Gasteiger partial charge in [-0.1, -0.05) is 33.3 Å². The van der Waals surface area contributed by atoms with Gasteiger partial charge in [-0.05, 0) is 43.9 Å². The number of benzene rings is 1. The van der Waals surface area contributed by atoms with Crippen LogP contribution in [0.5, 0.6) is 0 Å². The van der Waals surface area contributed by atoms with Crippen LogP contribution in [-0.2, 0) is 9.59 Å². The Hall–Kier alpha value is -1.88. The van der Waals surface area contributed by atoms with E-state index in [1.54, 1.807) is 0 Å². The molecule has 5 nitrogen and oxygen atoms in total. The van der Waals surface area contributed by atoms with E-state index >= 15 is 0 Å². The minimum absolute atomic E-state index is 0.0158. The molecule has 24 heavy (non-hydrogen) atoms. The van der Waals surface area contributed by atoms with Gasteiger partial charge < -0.3 is 16.4 Å². The molecule has 1 aliphatic rings. The number of carbonyl (C=O) groups is 2. The second-order valence-electron chi connectivity index (χ2n) is 7.85. The Kier molecular flexibility index (Phi) is 5.65. The first-order valence-electron chi connectivity index (χ1n) is 8.65. The number of amides is 2. The van der Waals surface area contributed by atoms with Crippen molar-refractivity contribution in [1.29, 1.82) is 0 Å². The Morgan fingerprint density at radius 1 is 1.17 bits per heavy atom. The first-order chi connectivity index (χ1) is 11.2. The maximum atomic E-state index is 12.4. The van der Waals surface area contributed by atoms with Crippen molar-refractivity contribution in [3.8, 4) is 0 Å². The largest absolute Gasteiger partial charge is 0.328 e. The van der Waals surface area contributed by atoms with Gasteiger partial charge in [0.25, 0.3) is 0 Å². The number of aryl methyl sites for hydroxylation is 1. The van der Waals surface area contributed by atoms with Crippen molar-refractivity contribution in [3.05, 3.63) is 23.8 Å². The molecule has 2 rings (SSSR count). The number of hydrogen-bond donors (Lipinski definition) is 3. The monoisotopic (exact) mass is 331 g/mol. The van der Waals surface area contributed by atoms with Crippen molar-refractivity contribution in [1.82, 2.24) is 0 Å². The van der Waals surface area contributed by atoms with E-state index in [0.717, 1.165) is 36.9 Å². The topological polar surface area (TPSA) is 84.2 Å². The first kappa shape index (κ1) is 18.5. The van der Waals surface area contributed by atoms with Gasteiger partial charge in [0.05, 0.1) is 0 Å². The van der Waals surface area contributed by atoms with E-state index in [-0.39, 0.29) is 23.8 Å². The van der Waals surface area contributed by atoms with Gasteiger partial charge in [0.1, 0.15) is 0 Å². The molecular weight excluding hydrogens is 302 g/mol. The molecule has 0 radical (unpaired) electrons. The highest BCUT2D eigenvalue weighted by atomic mass is 16.2. The summed E-state index contributed by atoms with van der Waals surface area (Å²) in [5.41, 5.74) is 7.90. The molecule has 1 fully saturated rings. The number of nitrogens with two attached hydrogens (primary N) is 1. The predicted octanol–water partition coefficient (Wildman–Crippen LogP) is 3.44. The number of nitrogens with one attached hydrogen (secondary N) is 2. The van der Waals surface area contributed by atoms with Crippen LogP contribution in [0.25, 0.3) is 0 Å². The fraction of sp³-hybridized carbons (Fsp3) is 0.579. The van der Waals surface area contributed by atoms with E-state index in [1.807, 2.05) is 45.9 Å². The van der Waals surface area contributed by atoms with Crippen LogP contribution in [0, 0.1) is 18.3 Å². The molecule has 2 unspecified atom stereocenters. The lowest BCUT2D eigenvalue weighted by atomic mass is 9.85. The maximum absolute atomic E-state index is 12.4. The summed E-state index contributed by atoms with van der Waals surface area (Å²) in [6.07, 6.45) is 3.63. The molecule has 0 aliphatic heterocycles. The highest BCUT2D eigenvalue weighted by molar-refractivity contribution is 5.97. The molecule has 0 saturated heterocycles. The average Bonchev–Trinajstić information content (AvgIpc) is 2.49. The van der Waals surface area contributed by atoms with Crippen molar-refractivity contribution >= 4 is 23.2 Å². The fourth-order valence-electron chi connectivity index (χ4n) is 2.85. The molecule has 0 aromatic heterocycles. The average molecular weight is 331 g/mol. The standard InChI is InChI=1S/C19H29N3O2/c1-12-8-9-15(11-16(12)22-18(24)19(2,3)4)21-17(23)13-6-5-7-14(20)10-13/h8-9,11,13-14H,5-7,10,20H2,1-4H3,(H,21,23)(H,22,24). The quantitative estimate of drug-likeness (QED) is 0.793. The van der Waals surface area contributed by atoms with E-state index in [2.05, 4.69) is 10.6 Å². The summed E-state index contributed by atoms with van der Waals surface area (Å²) < 4.78 is 0. The molecule has 2 amide bonds. The molecule has 0 bridgehead atoms. The third kappa shape index (κ3) is 4.81.